The first-order valence-corrected chi connectivity index (χ1v) is 9.71. The number of rotatable bonds is 5. The van der Waals surface area contributed by atoms with Gasteiger partial charge in [0.05, 0.1) is 29.7 Å². The number of amides is 1. The smallest absolute Gasteiger partial charge is 0.327 e. The van der Waals surface area contributed by atoms with Crippen LogP contribution in [0.15, 0.2) is 24.3 Å². The summed E-state index contributed by atoms with van der Waals surface area (Å²) in [7, 11) is 3.62. The van der Waals surface area contributed by atoms with Crippen LogP contribution in [0.4, 0.5) is 17.6 Å². The first-order valence-electron chi connectivity index (χ1n) is 9.71. The molecule has 29 heavy (non-hydrogen) atoms. The molecule has 3 N–H and O–H groups in total. The topological polar surface area (TPSA) is 59.6 Å². The molecule has 0 bridgehead atoms. The molecule has 5 unspecified atom stereocenters. The number of benzene rings is 1. The minimum absolute atomic E-state index is 0.239. The molecule has 3 aliphatic rings. The molecule has 2 aliphatic heterocycles. The third-order valence-corrected chi connectivity index (χ3v) is 5.93. The van der Waals surface area contributed by atoms with Crippen LogP contribution in [0, 0.1) is 11.8 Å². The lowest BCUT2D eigenvalue weighted by Crippen LogP contribution is -2.68. The normalized spacial score (nSPS) is 31.6. The Morgan fingerprint density at radius 2 is 1.86 bits per heavy atom. The number of nitrogens with zero attached hydrogens (tertiary/aromatic N) is 2. The molecule has 1 aliphatic carbocycles. The molecule has 0 radical (unpaired) electrons. The Morgan fingerprint density at radius 1 is 1.21 bits per heavy atom. The van der Waals surface area contributed by atoms with Crippen molar-refractivity contribution >= 4 is 5.91 Å². The van der Waals surface area contributed by atoms with Crippen LogP contribution in [-0.4, -0.2) is 55.1 Å². The van der Waals surface area contributed by atoms with Gasteiger partial charge in [-0.3, -0.25) is 15.0 Å². The number of alkyl halides is 4. The second-order valence-corrected chi connectivity index (χ2v) is 8.21. The maximum absolute atomic E-state index is 13.7. The van der Waals surface area contributed by atoms with Crippen LogP contribution in [0.25, 0.3) is 0 Å². The van der Waals surface area contributed by atoms with E-state index in [-0.39, 0.29) is 17.9 Å². The minimum Gasteiger partial charge on any atom is -0.327 e. The van der Waals surface area contributed by atoms with Crippen LogP contribution >= 0.6 is 0 Å². The second kappa shape index (κ2) is 7.50. The summed E-state index contributed by atoms with van der Waals surface area (Å²) in [6.07, 6.45) is -3.41. The minimum atomic E-state index is -4.40. The molecule has 0 aromatic heterocycles. The van der Waals surface area contributed by atoms with Gasteiger partial charge in [-0.25, -0.2) is 14.8 Å². The monoisotopic (exact) mass is 415 g/mol. The average molecular weight is 415 g/mol. The largest absolute Gasteiger partial charge is 0.416 e. The molecule has 3 fully saturated rings. The van der Waals surface area contributed by atoms with Crippen LogP contribution in [0.5, 0.6) is 0 Å². The highest BCUT2D eigenvalue weighted by Gasteiger charge is 2.54. The number of nitrogens with one attached hydrogen (secondary N) is 3. The van der Waals surface area contributed by atoms with Crippen molar-refractivity contribution in [2.24, 2.45) is 11.8 Å². The average Bonchev–Trinajstić information content (AvgIpc) is 3.42. The molecule has 4 rings (SSSR count). The van der Waals surface area contributed by atoms with Crippen molar-refractivity contribution in [2.75, 3.05) is 20.8 Å². The van der Waals surface area contributed by atoms with E-state index in [4.69, 9.17) is 0 Å². The van der Waals surface area contributed by atoms with E-state index in [9.17, 15) is 22.4 Å². The quantitative estimate of drug-likeness (QED) is 0.641. The highest BCUT2D eigenvalue weighted by atomic mass is 19.4. The van der Waals surface area contributed by atoms with Gasteiger partial charge in [-0.05, 0) is 50.6 Å². The molecule has 1 aromatic rings. The van der Waals surface area contributed by atoms with Gasteiger partial charge in [0.1, 0.15) is 13.0 Å². The zero-order chi connectivity index (χ0) is 20.9. The molecule has 2 heterocycles. The third-order valence-electron chi connectivity index (χ3n) is 5.93. The summed E-state index contributed by atoms with van der Waals surface area (Å²) < 4.78 is 52.6. The highest BCUT2D eigenvalue weighted by Crippen LogP contribution is 2.47. The Morgan fingerprint density at radius 3 is 2.38 bits per heavy atom. The van der Waals surface area contributed by atoms with Gasteiger partial charge in [0, 0.05) is 0 Å². The van der Waals surface area contributed by atoms with Crippen LogP contribution in [0.2, 0.25) is 0 Å². The van der Waals surface area contributed by atoms with E-state index in [0.29, 0.717) is 0 Å². The summed E-state index contributed by atoms with van der Waals surface area (Å²) in [5, 5.41) is 8.03. The SMILES string of the molecule is CN(C)C1NC(=O)C2C(CF)NN(C(c3ccc(C(F)(F)F)cc3)C3CC3)C2N1. The zero-order valence-corrected chi connectivity index (χ0v) is 16.2. The van der Waals surface area contributed by atoms with Crippen LogP contribution in [-0.2, 0) is 11.0 Å². The van der Waals surface area contributed by atoms with Gasteiger partial charge in [-0.2, -0.15) is 13.2 Å². The lowest BCUT2D eigenvalue weighted by atomic mass is 9.94. The number of carbonyl (C=O) groups is 1. The fourth-order valence-electron chi connectivity index (χ4n) is 4.29. The predicted octanol–water partition coefficient (Wildman–Crippen LogP) is 1.82. The predicted molar refractivity (Wildman–Crippen MR) is 97.7 cm³/mol. The molecular formula is C19H25F4N5O. The summed E-state index contributed by atoms with van der Waals surface area (Å²) in [4.78, 5) is 14.5. The Bertz CT molecular complexity index is 752. The van der Waals surface area contributed by atoms with E-state index >= 15 is 0 Å². The van der Waals surface area contributed by atoms with Crippen molar-refractivity contribution in [3.05, 3.63) is 35.4 Å². The second-order valence-electron chi connectivity index (χ2n) is 8.21. The number of hydrazine groups is 1. The Kier molecular flexibility index (Phi) is 5.30. The van der Waals surface area contributed by atoms with Gasteiger partial charge in [-0.1, -0.05) is 12.1 Å². The summed E-state index contributed by atoms with van der Waals surface area (Å²) in [6.45, 7) is -0.718. The Hall–Kier alpha value is -1.75. The Labute approximate surface area is 166 Å². The van der Waals surface area contributed by atoms with Crippen molar-refractivity contribution in [3.8, 4) is 0 Å². The van der Waals surface area contributed by atoms with E-state index in [1.807, 2.05) is 19.1 Å². The van der Waals surface area contributed by atoms with E-state index in [0.717, 1.165) is 30.5 Å². The van der Waals surface area contributed by atoms with Crippen molar-refractivity contribution in [1.29, 1.82) is 0 Å². The number of hydrogen-bond acceptors (Lipinski definition) is 5. The maximum atomic E-state index is 13.7. The van der Waals surface area contributed by atoms with E-state index in [2.05, 4.69) is 16.1 Å². The lowest BCUT2D eigenvalue weighted by molar-refractivity contribution is -0.137. The number of carbonyl (C=O) groups excluding carboxylic acids is 1. The molecule has 1 amide bonds. The first kappa shape index (κ1) is 20.5. The summed E-state index contributed by atoms with van der Waals surface area (Å²) in [5.74, 6) is -0.637. The lowest BCUT2D eigenvalue weighted by Gasteiger charge is -2.42. The maximum Gasteiger partial charge on any atom is 0.416 e. The fraction of sp³-hybridized carbons (Fsp3) is 0.632. The third kappa shape index (κ3) is 3.86. The van der Waals surface area contributed by atoms with Crippen LogP contribution in [0.3, 0.4) is 0 Å². The molecule has 160 valence electrons. The van der Waals surface area contributed by atoms with E-state index in [1.54, 1.807) is 4.90 Å². The van der Waals surface area contributed by atoms with Crippen LogP contribution in [0.1, 0.15) is 30.0 Å². The van der Waals surface area contributed by atoms with Crippen molar-refractivity contribution in [2.45, 2.75) is 43.6 Å². The number of halogens is 4. The van der Waals surface area contributed by atoms with E-state index < -0.39 is 42.8 Å². The molecular weight excluding hydrogens is 390 g/mol. The van der Waals surface area contributed by atoms with E-state index in [1.165, 1.54) is 12.1 Å². The van der Waals surface area contributed by atoms with Gasteiger partial charge in [0.15, 0.2) is 0 Å². The molecule has 5 atom stereocenters. The van der Waals surface area contributed by atoms with Gasteiger partial charge in [0.25, 0.3) is 0 Å². The van der Waals surface area contributed by atoms with Gasteiger partial charge >= 0.3 is 6.18 Å². The van der Waals surface area contributed by atoms with Crippen LogP contribution < -0.4 is 16.1 Å². The first-order chi connectivity index (χ1) is 13.7. The Balaban J connectivity index is 1.65. The van der Waals surface area contributed by atoms with Gasteiger partial charge < -0.3 is 5.32 Å². The van der Waals surface area contributed by atoms with Crippen molar-refractivity contribution in [3.63, 3.8) is 0 Å². The highest BCUT2D eigenvalue weighted by molar-refractivity contribution is 5.81. The van der Waals surface area contributed by atoms with Gasteiger partial charge in [0.2, 0.25) is 5.91 Å². The zero-order valence-electron chi connectivity index (χ0n) is 16.2. The van der Waals surface area contributed by atoms with Crippen molar-refractivity contribution < 1.29 is 22.4 Å². The molecule has 2 saturated heterocycles. The van der Waals surface area contributed by atoms with Crippen molar-refractivity contribution in [1.82, 2.24) is 26.0 Å². The summed E-state index contributed by atoms with van der Waals surface area (Å²) in [6, 6.07) is 4.19. The molecule has 6 nitrogen and oxygen atoms in total. The molecule has 1 saturated carbocycles. The summed E-state index contributed by atoms with van der Waals surface area (Å²) >= 11 is 0. The van der Waals surface area contributed by atoms with Gasteiger partial charge in [-0.15, -0.1) is 0 Å². The number of fused-ring (bicyclic) bond motifs is 1. The molecule has 1 aromatic carbocycles. The molecule has 10 heteroatoms. The standard InChI is InChI=1S/C19H25F4N5O/c1-27(2)18-24-16-14(17(29)25-18)13(9-20)26-28(16)15(10-3-4-10)11-5-7-12(8-6-11)19(21,22)23/h5-8,10,13-16,18,24,26H,3-4,9H2,1-2H3,(H,25,29). The fourth-order valence-corrected chi connectivity index (χ4v) is 4.29. The number of hydrogen-bond donors (Lipinski definition) is 3. The summed E-state index contributed by atoms with van der Waals surface area (Å²) in [5.41, 5.74) is 3.15. The molecule has 0 spiro atoms.